The minimum Gasteiger partial charge on any atom is -0.399 e. The first-order valence-electron chi connectivity index (χ1n) is 6.76. The summed E-state index contributed by atoms with van der Waals surface area (Å²) in [6.07, 6.45) is 2.99. The maximum Gasteiger partial charge on any atom is 0.218 e. The summed E-state index contributed by atoms with van der Waals surface area (Å²) in [5, 5.41) is 0. The van der Waals surface area contributed by atoms with Crippen molar-refractivity contribution in [1.29, 1.82) is 0 Å². The van der Waals surface area contributed by atoms with E-state index in [0.29, 0.717) is 5.69 Å². The van der Waals surface area contributed by atoms with Gasteiger partial charge in [0.15, 0.2) is 0 Å². The molecule has 1 aliphatic heterocycles. The lowest BCUT2D eigenvalue weighted by molar-refractivity contribution is 0.204. The fourth-order valence-electron chi connectivity index (χ4n) is 2.91. The molecule has 1 aliphatic rings. The SMILES string of the molecule is C[C@@H]1CCC[C@H](C)N1S(=O)(=O)Cc1cccc(N)c1. The van der Waals surface area contributed by atoms with E-state index in [2.05, 4.69) is 0 Å². The van der Waals surface area contributed by atoms with E-state index in [1.54, 1.807) is 22.5 Å². The Morgan fingerprint density at radius 2 is 1.89 bits per heavy atom. The smallest absolute Gasteiger partial charge is 0.218 e. The van der Waals surface area contributed by atoms with Crippen molar-refractivity contribution in [2.24, 2.45) is 0 Å². The van der Waals surface area contributed by atoms with Crippen LogP contribution in [0.3, 0.4) is 0 Å². The van der Waals surface area contributed by atoms with Crippen molar-refractivity contribution in [1.82, 2.24) is 4.31 Å². The van der Waals surface area contributed by atoms with Gasteiger partial charge in [0.2, 0.25) is 10.0 Å². The summed E-state index contributed by atoms with van der Waals surface area (Å²) in [7, 11) is -3.27. The summed E-state index contributed by atoms with van der Waals surface area (Å²) >= 11 is 0. The molecule has 4 nitrogen and oxygen atoms in total. The molecule has 1 aromatic rings. The van der Waals surface area contributed by atoms with Crippen LogP contribution in [0.25, 0.3) is 0 Å². The van der Waals surface area contributed by atoms with Gasteiger partial charge < -0.3 is 5.73 Å². The number of piperidine rings is 1. The molecule has 2 N–H and O–H groups in total. The first kappa shape index (κ1) is 14.3. The van der Waals surface area contributed by atoms with Crippen molar-refractivity contribution in [3.05, 3.63) is 29.8 Å². The Bertz CT molecular complexity index is 532. The Labute approximate surface area is 115 Å². The van der Waals surface area contributed by atoms with Crippen LogP contribution in [0.15, 0.2) is 24.3 Å². The average Bonchev–Trinajstić information content (AvgIpc) is 2.27. The summed E-state index contributed by atoms with van der Waals surface area (Å²) in [4.78, 5) is 0. The molecule has 0 spiro atoms. The predicted molar refractivity (Wildman–Crippen MR) is 78.1 cm³/mol. The van der Waals surface area contributed by atoms with Crippen LogP contribution in [-0.4, -0.2) is 24.8 Å². The molecule has 0 bridgehead atoms. The molecule has 1 fully saturated rings. The Morgan fingerprint density at radius 1 is 1.26 bits per heavy atom. The zero-order valence-electron chi connectivity index (χ0n) is 11.5. The van der Waals surface area contributed by atoms with Gasteiger partial charge in [0.25, 0.3) is 0 Å². The number of sulfonamides is 1. The molecule has 2 atom stereocenters. The third kappa shape index (κ3) is 3.28. The molecule has 19 heavy (non-hydrogen) atoms. The van der Waals surface area contributed by atoms with E-state index in [0.717, 1.165) is 24.8 Å². The van der Waals surface area contributed by atoms with E-state index in [4.69, 9.17) is 5.73 Å². The summed E-state index contributed by atoms with van der Waals surface area (Å²) in [6, 6.07) is 7.29. The number of hydrogen-bond acceptors (Lipinski definition) is 3. The van der Waals surface area contributed by atoms with Gasteiger partial charge in [0, 0.05) is 17.8 Å². The van der Waals surface area contributed by atoms with E-state index in [9.17, 15) is 8.42 Å². The topological polar surface area (TPSA) is 63.4 Å². The highest BCUT2D eigenvalue weighted by molar-refractivity contribution is 7.88. The molecule has 106 valence electrons. The maximum absolute atomic E-state index is 12.6. The van der Waals surface area contributed by atoms with Gasteiger partial charge in [-0.3, -0.25) is 0 Å². The van der Waals surface area contributed by atoms with Crippen LogP contribution in [0.4, 0.5) is 5.69 Å². The molecule has 1 aromatic carbocycles. The zero-order valence-corrected chi connectivity index (χ0v) is 12.4. The van der Waals surface area contributed by atoms with Crippen LogP contribution in [-0.2, 0) is 15.8 Å². The monoisotopic (exact) mass is 282 g/mol. The van der Waals surface area contributed by atoms with E-state index >= 15 is 0 Å². The van der Waals surface area contributed by atoms with E-state index in [1.165, 1.54) is 0 Å². The van der Waals surface area contributed by atoms with Crippen molar-refractivity contribution < 1.29 is 8.42 Å². The second kappa shape index (κ2) is 5.51. The number of rotatable bonds is 3. The second-order valence-electron chi connectivity index (χ2n) is 5.46. The van der Waals surface area contributed by atoms with E-state index in [1.807, 2.05) is 19.9 Å². The van der Waals surface area contributed by atoms with Gasteiger partial charge in [0.1, 0.15) is 0 Å². The number of benzene rings is 1. The first-order chi connectivity index (χ1) is 8.90. The molecule has 1 saturated heterocycles. The van der Waals surface area contributed by atoms with Gasteiger partial charge in [-0.05, 0) is 44.4 Å². The highest BCUT2D eigenvalue weighted by Gasteiger charge is 2.34. The van der Waals surface area contributed by atoms with Gasteiger partial charge in [-0.25, -0.2) is 8.42 Å². The van der Waals surface area contributed by atoms with Crippen LogP contribution >= 0.6 is 0 Å². The number of nitrogen functional groups attached to an aromatic ring is 1. The van der Waals surface area contributed by atoms with Crippen molar-refractivity contribution in [3.8, 4) is 0 Å². The Kier molecular flexibility index (Phi) is 4.16. The molecule has 0 amide bonds. The van der Waals surface area contributed by atoms with Gasteiger partial charge >= 0.3 is 0 Å². The molecule has 2 rings (SSSR count). The van der Waals surface area contributed by atoms with Crippen molar-refractivity contribution in [3.63, 3.8) is 0 Å². The standard InChI is InChI=1S/C14H22N2O2S/c1-11-5-3-6-12(2)16(11)19(17,18)10-13-7-4-8-14(15)9-13/h4,7-9,11-12H,3,5-6,10,15H2,1-2H3/t11-,12+. The third-order valence-corrected chi connectivity index (χ3v) is 5.79. The lowest BCUT2D eigenvalue weighted by Crippen LogP contribution is -2.47. The van der Waals surface area contributed by atoms with Crippen LogP contribution in [0.5, 0.6) is 0 Å². The van der Waals surface area contributed by atoms with Crippen molar-refractivity contribution >= 4 is 15.7 Å². The molecular formula is C14H22N2O2S. The zero-order chi connectivity index (χ0) is 14.0. The lowest BCUT2D eigenvalue weighted by Gasteiger charge is -2.37. The van der Waals surface area contributed by atoms with Crippen molar-refractivity contribution in [2.75, 3.05) is 5.73 Å². The number of nitrogens with zero attached hydrogens (tertiary/aromatic N) is 1. The molecule has 1 heterocycles. The fraction of sp³-hybridized carbons (Fsp3) is 0.571. The van der Waals surface area contributed by atoms with Crippen molar-refractivity contribution in [2.45, 2.75) is 50.9 Å². The Hall–Kier alpha value is -1.07. The largest absolute Gasteiger partial charge is 0.399 e. The first-order valence-corrected chi connectivity index (χ1v) is 8.36. The predicted octanol–water partition coefficient (Wildman–Crippen LogP) is 2.36. The molecular weight excluding hydrogens is 260 g/mol. The molecule has 0 unspecified atom stereocenters. The molecule has 0 aromatic heterocycles. The summed E-state index contributed by atoms with van der Waals surface area (Å²) in [5.74, 6) is 0.0344. The third-order valence-electron chi connectivity index (χ3n) is 3.73. The van der Waals surface area contributed by atoms with E-state index < -0.39 is 10.0 Å². The molecule has 0 radical (unpaired) electrons. The summed E-state index contributed by atoms with van der Waals surface area (Å²) < 4.78 is 26.8. The summed E-state index contributed by atoms with van der Waals surface area (Å²) in [5.41, 5.74) is 7.06. The van der Waals surface area contributed by atoms with Gasteiger partial charge in [-0.2, -0.15) is 4.31 Å². The fourth-order valence-corrected chi connectivity index (χ4v) is 4.97. The minimum absolute atomic E-state index is 0.0344. The lowest BCUT2D eigenvalue weighted by atomic mass is 10.0. The van der Waals surface area contributed by atoms with Crippen LogP contribution < -0.4 is 5.73 Å². The molecule has 0 saturated carbocycles. The van der Waals surface area contributed by atoms with Crippen LogP contribution in [0.1, 0.15) is 38.7 Å². The average molecular weight is 282 g/mol. The molecule has 0 aliphatic carbocycles. The highest BCUT2D eigenvalue weighted by Crippen LogP contribution is 2.27. The molecule has 5 heteroatoms. The highest BCUT2D eigenvalue weighted by atomic mass is 32.2. The quantitative estimate of drug-likeness (QED) is 0.866. The minimum atomic E-state index is -3.27. The maximum atomic E-state index is 12.6. The Morgan fingerprint density at radius 3 is 2.47 bits per heavy atom. The normalized spacial score (nSPS) is 25.4. The number of anilines is 1. The van der Waals surface area contributed by atoms with Crippen LogP contribution in [0.2, 0.25) is 0 Å². The second-order valence-corrected chi connectivity index (χ2v) is 7.33. The van der Waals surface area contributed by atoms with Gasteiger partial charge in [-0.1, -0.05) is 18.6 Å². The number of hydrogen-bond donors (Lipinski definition) is 1. The number of nitrogens with two attached hydrogens (primary N) is 1. The summed E-state index contributed by atoms with van der Waals surface area (Å²) in [6.45, 7) is 3.99. The van der Waals surface area contributed by atoms with Crippen LogP contribution in [0, 0.1) is 0 Å². The Balaban J connectivity index is 2.22. The van der Waals surface area contributed by atoms with E-state index in [-0.39, 0.29) is 17.8 Å². The van der Waals surface area contributed by atoms with Gasteiger partial charge in [0.05, 0.1) is 5.75 Å². The van der Waals surface area contributed by atoms with Gasteiger partial charge in [-0.15, -0.1) is 0 Å².